The zero-order valence-corrected chi connectivity index (χ0v) is 14.2. The molecule has 2 aliphatic rings. The van der Waals surface area contributed by atoms with E-state index >= 15 is 0 Å². The van der Waals surface area contributed by atoms with Crippen LogP contribution < -0.4 is 10.1 Å². The third kappa shape index (κ3) is 4.16. The van der Waals surface area contributed by atoms with Crippen molar-refractivity contribution in [1.29, 1.82) is 0 Å². The highest BCUT2D eigenvalue weighted by atomic mass is 16.5. The van der Waals surface area contributed by atoms with E-state index in [2.05, 4.69) is 15.3 Å². The minimum atomic E-state index is -0.0743. The monoisotopic (exact) mass is 337 g/mol. The molecule has 1 amide bonds. The van der Waals surface area contributed by atoms with Gasteiger partial charge in [-0.2, -0.15) is 0 Å². The number of carbonyl (C=O) groups is 1. The Labute approximate surface area is 147 Å². The smallest absolute Gasteiger partial charge is 0.254 e. The molecule has 0 radical (unpaired) electrons. The van der Waals surface area contributed by atoms with Crippen molar-refractivity contribution in [2.24, 2.45) is 0 Å². The maximum atomic E-state index is 12.4. The molecule has 0 atom stereocenters. The van der Waals surface area contributed by atoms with Gasteiger partial charge in [0.15, 0.2) is 0 Å². The van der Waals surface area contributed by atoms with Crippen molar-refractivity contribution in [3.8, 4) is 5.75 Å². The van der Waals surface area contributed by atoms with Crippen molar-refractivity contribution in [3.63, 3.8) is 0 Å². The highest BCUT2D eigenvalue weighted by molar-refractivity contribution is 5.93. The van der Waals surface area contributed by atoms with Gasteiger partial charge in [0.2, 0.25) is 0 Å². The van der Waals surface area contributed by atoms with Crippen LogP contribution in [0.15, 0.2) is 42.7 Å². The molecule has 0 aliphatic heterocycles. The first kappa shape index (κ1) is 16.1. The molecular formula is C20H23N3O2. The van der Waals surface area contributed by atoms with E-state index in [9.17, 15) is 4.79 Å². The van der Waals surface area contributed by atoms with E-state index in [4.69, 9.17) is 4.74 Å². The van der Waals surface area contributed by atoms with E-state index in [0.717, 1.165) is 37.3 Å². The van der Waals surface area contributed by atoms with Gasteiger partial charge in [0, 0.05) is 24.4 Å². The summed E-state index contributed by atoms with van der Waals surface area (Å²) in [5.74, 6) is 2.23. The Hall–Kier alpha value is -2.43. The number of hydrogen-bond donors (Lipinski definition) is 1. The standard InChI is InChI=1S/C20H23N3O2/c24-20(15-12-21-19(22-13-15)14-6-7-14)23-16-8-10-18(11-9-16)25-17-4-2-1-3-5-17/h1-5,12-14,16,18H,6-11H2,(H,23,24). The van der Waals surface area contributed by atoms with Gasteiger partial charge in [-0.1, -0.05) is 18.2 Å². The molecule has 25 heavy (non-hydrogen) atoms. The van der Waals surface area contributed by atoms with Crippen LogP contribution in [0.5, 0.6) is 5.75 Å². The van der Waals surface area contributed by atoms with Crippen molar-refractivity contribution in [2.45, 2.75) is 56.6 Å². The van der Waals surface area contributed by atoms with Gasteiger partial charge in [0.1, 0.15) is 11.6 Å². The van der Waals surface area contributed by atoms with Crippen LogP contribution in [0, 0.1) is 0 Å². The number of carbonyl (C=O) groups excluding carboxylic acids is 1. The molecule has 4 rings (SSSR count). The number of rotatable bonds is 5. The molecule has 1 aromatic carbocycles. The van der Waals surface area contributed by atoms with Gasteiger partial charge in [-0.15, -0.1) is 0 Å². The predicted octanol–water partition coefficient (Wildman–Crippen LogP) is 3.47. The van der Waals surface area contributed by atoms with Crippen LogP contribution >= 0.6 is 0 Å². The second-order valence-corrected chi connectivity index (χ2v) is 6.98. The summed E-state index contributed by atoms with van der Waals surface area (Å²) in [5, 5.41) is 3.11. The van der Waals surface area contributed by atoms with Crippen LogP contribution in [0.2, 0.25) is 0 Å². The highest BCUT2D eigenvalue weighted by Gasteiger charge is 2.27. The first-order valence-electron chi connectivity index (χ1n) is 9.12. The Kier molecular flexibility index (Phi) is 4.63. The molecule has 5 nitrogen and oxygen atoms in total. The molecule has 1 aromatic heterocycles. The van der Waals surface area contributed by atoms with E-state index in [0.29, 0.717) is 11.5 Å². The van der Waals surface area contributed by atoms with Crippen LogP contribution in [0.1, 0.15) is 60.6 Å². The van der Waals surface area contributed by atoms with Crippen LogP contribution in [-0.4, -0.2) is 28.0 Å². The van der Waals surface area contributed by atoms with Gasteiger partial charge in [0.25, 0.3) is 5.91 Å². The van der Waals surface area contributed by atoms with Gasteiger partial charge < -0.3 is 10.1 Å². The Morgan fingerprint density at radius 1 is 0.960 bits per heavy atom. The van der Waals surface area contributed by atoms with Gasteiger partial charge in [-0.25, -0.2) is 9.97 Å². The normalized spacial score (nSPS) is 23.0. The van der Waals surface area contributed by atoms with Crippen LogP contribution in [0.3, 0.4) is 0 Å². The molecule has 0 spiro atoms. The van der Waals surface area contributed by atoms with Crippen molar-refractivity contribution in [3.05, 3.63) is 54.1 Å². The second kappa shape index (κ2) is 7.21. The molecule has 2 aliphatic carbocycles. The third-order valence-corrected chi connectivity index (χ3v) is 4.93. The fourth-order valence-electron chi connectivity index (χ4n) is 3.29. The van der Waals surface area contributed by atoms with Crippen LogP contribution in [-0.2, 0) is 0 Å². The molecule has 5 heteroatoms. The number of ether oxygens (including phenoxy) is 1. The molecule has 130 valence electrons. The summed E-state index contributed by atoms with van der Waals surface area (Å²) < 4.78 is 6.00. The number of nitrogens with one attached hydrogen (secondary N) is 1. The fourth-order valence-corrected chi connectivity index (χ4v) is 3.29. The summed E-state index contributed by atoms with van der Waals surface area (Å²) in [5.41, 5.74) is 0.548. The second-order valence-electron chi connectivity index (χ2n) is 6.98. The molecular weight excluding hydrogens is 314 g/mol. The van der Waals surface area contributed by atoms with Crippen molar-refractivity contribution in [1.82, 2.24) is 15.3 Å². The average molecular weight is 337 g/mol. The fraction of sp³-hybridized carbons (Fsp3) is 0.450. The molecule has 1 heterocycles. The van der Waals surface area contributed by atoms with Gasteiger partial charge in [0.05, 0.1) is 11.7 Å². The Morgan fingerprint density at radius 2 is 1.64 bits per heavy atom. The highest BCUT2D eigenvalue weighted by Crippen LogP contribution is 2.37. The molecule has 0 bridgehead atoms. The summed E-state index contributed by atoms with van der Waals surface area (Å²) in [6.45, 7) is 0. The predicted molar refractivity (Wildman–Crippen MR) is 94.6 cm³/mol. The molecule has 2 fully saturated rings. The minimum Gasteiger partial charge on any atom is -0.490 e. The van der Waals surface area contributed by atoms with Crippen LogP contribution in [0.25, 0.3) is 0 Å². The van der Waals surface area contributed by atoms with Gasteiger partial charge >= 0.3 is 0 Å². The summed E-state index contributed by atoms with van der Waals surface area (Å²) in [4.78, 5) is 21.0. The lowest BCUT2D eigenvalue weighted by atomic mass is 9.92. The number of aromatic nitrogens is 2. The van der Waals surface area contributed by atoms with Crippen LogP contribution in [0.4, 0.5) is 0 Å². The molecule has 2 aromatic rings. The minimum absolute atomic E-state index is 0.0743. The van der Waals surface area contributed by atoms with Gasteiger partial charge in [-0.05, 0) is 50.7 Å². The largest absolute Gasteiger partial charge is 0.490 e. The quantitative estimate of drug-likeness (QED) is 0.907. The number of amides is 1. The topological polar surface area (TPSA) is 64.1 Å². The van der Waals surface area contributed by atoms with Crippen molar-refractivity contribution in [2.75, 3.05) is 0 Å². The maximum absolute atomic E-state index is 12.4. The van der Waals surface area contributed by atoms with E-state index in [1.54, 1.807) is 12.4 Å². The Morgan fingerprint density at radius 3 is 2.28 bits per heavy atom. The summed E-state index contributed by atoms with van der Waals surface area (Å²) in [6, 6.07) is 10.1. The first-order valence-corrected chi connectivity index (χ1v) is 9.12. The third-order valence-electron chi connectivity index (χ3n) is 4.93. The summed E-state index contributed by atoms with van der Waals surface area (Å²) in [7, 11) is 0. The van der Waals surface area contributed by atoms with E-state index < -0.39 is 0 Å². The summed E-state index contributed by atoms with van der Waals surface area (Å²) >= 11 is 0. The SMILES string of the molecule is O=C(NC1CCC(Oc2ccccc2)CC1)c1cnc(C2CC2)nc1. The Bertz CT molecular complexity index is 705. The zero-order chi connectivity index (χ0) is 17.1. The zero-order valence-electron chi connectivity index (χ0n) is 14.2. The first-order chi connectivity index (χ1) is 12.3. The number of nitrogens with zero attached hydrogens (tertiary/aromatic N) is 2. The molecule has 0 saturated heterocycles. The van der Waals surface area contributed by atoms with Crippen molar-refractivity contribution >= 4 is 5.91 Å². The lowest BCUT2D eigenvalue weighted by Crippen LogP contribution is -2.39. The summed E-state index contributed by atoms with van der Waals surface area (Å²) in [6.07, 6.45) is 9.65. The number of benzene rings is 1. The lowest BCUT2D eigenvalue weighted by Gasteiger charge is -2.29. The number of hydrogen-bond acceptors (Lipinski definition) is 4. The molecule has 0 unspecified atom stereocenters. The molecule has 2 saturated carbocycles. The Balaban J connectivity index is 1.25. The lowest BCUT2D eigenvalue weighted by molar-refractivity contribution is 0.0893. The average Bonchev–Trinajstić information content (AvgIpc) is 3.50. The molecule has 1 N–H and O–H groups in total. The van der Waals surface area contributed by atoms with Crippen molar-refractivity contribution < 1.29 is 9.53 Å². The van der Waals surface area contributed by atoms with E-state index in [-0.39, 0.29) is 18.1 Å². The van der Waals surface area contributed by atoms with E-state index in [1.165, 1.54) is 12.8 Å². The van der Waals surface area contributed by atoms with Gasteiger partial charge in [-0.3, -0.25) is 4.79 Å². The number of para-hydroxylation sites is 1. The maximum Gasteiger partial charge on any atom is 0.254 e. The van der Waals surface area contributed by atoms with E-state index in [1.807, 2.05) is 30.3 Å².